The van der Waals surface area contributed by atoms with Gasteiger partial charge < -0.3 is 19.9 Å². The smallest absolute Gasteiger partial charge is 0.408 e. The molecular weight excluding hydrogens is 422 g/mol. The summed E-state index contributed by atoms with van der Waals surface area (Å²) >= 11 is 0. The van der Waals surface area contributed by atoms with E-state index in [1.54, 1.807) is 20.8 Å². The minimum atomic E-state index is -1.55. The number of hydrogen-bond donors (Lipinski definition) is 2. The summed E-state index contributed by atoms with van der Waals surface area (Å²) in [7, 11) is 0. The van der Waals surface area contributed by atoms with Gasteiger partial charge in [-0.05, 0) is 62.3 Å². The molecule has 1 saturated carbocycles. The second-order valence-corrected chi connectivity index (χ2v) is 9.81. The number of carbonyl (C=O) groups excluding carboxylic acids is 2. The Morgan fingerprint density at radius 2 is 1.61 bits per heavy atom. The van der Waals surface area contributed by atoms with Crippen LogP contribution in [0, 0.1) is 5.92 Å². The normalized spacial score (nSPS) is 21.7. The summed E-state index contributed by atoms with van der Waals surface area (Å²) in [4.78, 5) is 37.2. The van der Waals surface area contributed by atoms with Gasteiger partial charge in [-0.15, -0.1) is 0 Å². The molecule has 33 heavy (non-hydrogen) atoms. The zero-order valence-electron chi connectivity index (χ0n) is 19.1. The molecule has 1 amide bonds. The van der Waals surface area contributed by atoms with Crippen molar-refractivity contribution in [2.75, 3.05) is 6.61 Å². The molecule has 0 spiro atoms. The molecule has 2 aromatic carbocycles. The lowest BCUT2D eigenvalue weighted by Crippen LogP contribution is -2.53. The third kappa shape index (κ3) is 4.58. The Morgan fingerprint density at radius 1 is 1.03 bits per heavy atom. The van der Waals surface area contributed by atoms with E-state index in [0.29, 0.717) is 6.42 Å². The van der Waals surface area contributed by atoms with Gasteiger partial charge in [-0.2, -0.15) is 0 Å². The summed E-state index contributed by atoms with van der Waals surface area (Å²) < 4.78 is 10.9. The second kappa shape index (κ2) is 8.54. The van der Waals surface area contributed by atoms with Gasteiger partial charge in [0.15, 0.2) is 0 Å². The maximum Gasteiger partial charge on any atom is 0.408 e. The lowest BCUT2D eigenvalue weighted by atomic mass is 9.96. The fourth-order valence-electron chi connectivity index (χ4n) is 4.82. The second-order valence-electron chi connectivity index (χ2n) is 9.81. The van der Waals surface area contributed by atoms with Crippen LogP contribution in [0.15, 0.2) is 48.5 Å². The van der Waals surface area contributed by atoms with Crippen molar-refractivity contribution in [1.29, 1.82) is 0 Å². The van der Waals surface area contributed by atoms with Gasteiger partial charge in [0.1, 0.15) is 17.7 Å². The first kappa shape index (κ1) is 22.8. The highest BCUT2D eigenvalue weighted by Crippen LogP contribution is 2.44. The highest BCUT2D eigenvalue weighted by atomic mass is 16.6. The van der Waals surface area contributed by atoms with Gasteiger partial charge in [0.05, 0.1) is 5.92 Å². The van der Waals surface area contributed by atoms with Crippen molar-refractivity contribution in [3.8, 4) is 11.1 Å². The van der Waals surface area contributed by atoms with Crippen LogP contribution < -0.4 is 5.32 Å². The molecule has 1 fully saturated rings. The number of ether oxygens (including phenoxy) is 2. The monoisotopic (exact) mass is 451 g/mol. The van der Waals surface area contributed by atoms with Gasteiger partial charge in [-0.25, -0.2) is 9.59 Å². The SMILES string of the molecule is CC(C)(C)OC(=O)C1CCC(NC(=O)OCC2c3ccccc3-c3ccccc32)(C(=O)O)C1. The van der Waals surface area contributed by atoms with E-state index < -0.39 is 35.1 Å². The molecule has 0 radical (unpaired) electrons. The van der Waals surface area contributed by atoms with E-state index in [2.05, 4.69) is 5.32 Å². The van der Waals surface area contributed by atoms with Gasteiger partial charge in [0.25, 0.3) is 0 Å². The summed E-state index contributed by atoms with van der Waals surface area (Å²) in [5, 5.41) is 12.4. The summed E-state index contributed by atoms with van der Waals surface area (Å²) in [6.45, 7) is 5.38. The molecule has 0 aliphatic heterocycles. The number of aliphatic carboxylic acids is 1. The van der Waals surface area contributed by atoms with E-state index >= 15 is 0 Å². The van der Waals surface area contributed by atoms with Crippen LogP contribution in [0.1, 0.15) is 57.1 Å². The van der Waals surface area contributed by atoms with Crippen molar-refractivity contribution in [1.82, 2.24) is 5.32 Å². The first-order valence-electron chi connectivity index (χ1n) is 11.2. The number of fused-ring (bicyclic) bond motifs is 3. The molecule has 7 nitrogen and oxygen atoms in total. The van der Waals surface area contributed by atoms with E-state index in [-0.39, 0.29) is 25.4 Å². The molecule has 2 aromatic rings. The summed E-state index contributed by atoms with van der Waals surface area (Å²) in [5.74, 6) is -2.33. The molecule has 4 rings (SSSR count). The molecule has 2 N–H and O–H groups in total. The summed E-state index contributed by atoms with van der Waals surface area (Å²) in [6.07, 6.45) is -0.368. The van der Waals surface area contributed by atoms with Gasteiger partial charge >= 0.3 is 18.0 Å². The average molecular weight is 452 g/mol. The van der Waals surface area contributed by atoms with Crippen LogP contribution in [0.3, 0.4) is 0 Å². The van der Waals surface area contributed by atoms with Crippen LogP contribution in [-0.4, -0.2) is 40.9 Å². The number of carbonyl (C=O) groups is 3. The van der Waals surface area contributed by atoms with Gasteiger partial charge in [-0.1, -0.05) is 48.5 Å². The minimum Gasteiger partial charge on any atom is -0.480 e. The molecule has 174 valence electrons. The van der Waals surface area contributed by atoms with Gasteiger partial charge in [0.2, 0.25) is 0 Å². The van der Waals surface area contributed by atoms with E-state index in [4.69, 9.17) is 9.47 Å². The highest BCUT2D eigenvalue weighted by molar-refractivity contribution is 5.87. The Kier molecular flexibility index (Phi) is 5.91. The Bertz CT molecular complexity index is 1040. The Labute approximate surface area is 193 Å². The maximum atomic E-state index is 12.7. The predicted molar refractivity (Wildman–Crippen MR) is 122 cm³/mol. The molecule has 2 aliphatic carbocycles. The Hall–Kier alpha value is -3.35. The van der Waals surface area contributed by atoms with E-state index in [9.17, 15) is 19.5 Å². The zero-order chi connectivity index (χ0) is 23.8. The van der Waals surface area contributed by atoms with Crippen LogP contribution in [0.2, 0.25) is 0 Å². The third-order valence-electron chi connectivity index (χ3n) is 6.35. The van der Waals surface area contributed by atoms with Crippen molar-refractivity contribution < 1.29 is 29.0 Å². The first-order chi connectivity index (χ1) is 15.6. The quantitative estimate of drug-likeness (QED) is 0.650. The lowest BCUT2D eigenvalue weighted by Gasteiger charge is -2.26. The molecule has 0 heterocycles. The minimum absolute atomic E-state index is 0.0263. The number of benzene rings is 2. The van der Waals surface area contributed by atoms with E-state index in [0.717, 1.165) is 22.3 Å². The number of esters is 1. The average Bonchev–Trinajstić information content (AvgIpc) is 3.32. The fourth-order valence-corrected chi connectivity index (χ4v) is 4.82. The summed E-state index contributed by atoms with van der Waals surface area (Å²) in [5.41, 5.74) is 2.16. The molecule has 2 atom stereocenters. The van der Waals surface area contributed by atoms with E-state index in [1.807, 2.05) is 48.5 Å². The predicted octanol–water partition coefficient (Wildman–Crippen LogP) is 4.49. The third-order valence-corrected chi connectivity index (χ3v) is 6.35. The number of nitrogens with one attached hydrogen (secondary N) is 1. The van der Waals surface area contributed by atoms with Gasteiger partial charge in [0, 0.05) is 5.92 Å². The van der Waals surface area contributed by atoms with Crippen LogP contribution in [0.4, 0.5) is 4.79 Å². The Morgan fingerprint density at radius 3 is 2.15 bits per heavy atom. The number of hydrogen-bond acceptors (Lipinski definition) is 5. The Balaban J connectivity index is 1.43. The first-order valence-corrected chi connectivity index (χ1v) is 11.2. The van der Waals surface area contributed by atoms with Gasteiger partial charge in [-0.3, -0.25) is 4.79 Å². The van der Waals surface area contributed by atoms with Crippen LogP contribution in [0.5, 0.6) is 0 Å². The van der Waals surface area contributed by atoms with Crippen molar-refractivity contribution in [3.05, 3.63) is 59.7 Å². The molecule has 0 bridgehead atoms. The number of carboxylic acids is 1. The largest absolute Gasteiger partial charge is 0.480 e. The topological polar surface area (TPSA) is 102 Å². The standard InChI is InChI=1S/C26H29NO6/c1-25(2,3)33-22(28)16-12-13-26(14-16,23(29)30)27-24(31)32-15-21-19-10-6-4-8-17(19)18-9-5-7-11-20(18)21/h4-11,16,21H,12-15H2,1-3H3,(H,27,31)(H,29,30). The van der Waals surface area contributed by atoms with Crippen molar-refractivity contribution in [3.63, 3.8) is 0 Å². The summed E-state index contributed by atoms with van der Waals surface area (Å²) in [6, 6.07) is 16.0. The van der Waals surface area contributed by atoms with Crippen molar-refractivity contribution in [2.45, 2.75) is 57.1 Å². The van der Waals surface area contributed by atoms with E-state index in [1.165, 1.54) is 0 Å². The fraction of sp³-hybridized carbons (Fsp3) is 0.423. The molecular formula is C26H29NO6. The highest BCUT2D eigenvalue weighted by Gasteiger charge is 2.50. The molecule has 2 unspecified atom stereocenters. The van der Waals surface area contributed by atoms with Crippen LogP contribution in [-0.2, 0) is 19.1 Å². The number of rotatable bonds is 5. The number of carboxylic acid groups (broad SMARTS) is 1. The lowest BCUT2D eigenvalue weighted by molar-refractivity contribution is -0.160. The number of alkyl carbamates (subject to hydrolysis) is 1. The molecule has 7 heteroatoms. The van der Waals surface area contributed by atoms with Crippen LogP contribution in [0.25, 0.3) is 11.1 Å². The van der Waals surface area contributed by atoms with Crippen molar-refractivity contribution in [2.24, 2.45) is 5.92 Å². The maximum absolute atomic E-state index is 12.7. The zero-order valence-corrected chi connectivity index (χ0v) is 19.1. The molecule has 0 saturated heterocycles. The molecule has 2 aliphatic rings. The number of amides is 1. The van der Waals surface area contributed by atoms with Crippen LogP contribution >= 0.6 is 0 Å². The van der Waals surface area contributed by atoms with Crippen molar-refractivity contribution >= 4 is 18.0 Å². The molecule has 0 aromatic heterocycles.